The maximum Gasteiger partial charge on any atom is 0.426 e. The molecule has 1 aromatic heterocycles. The van der Waals surface area contributed by atoms with E-state index in [1.165, 1.54) is 17.2 Å². The van der Waals surface area contributed by atoms with Gasteiger partial charge in [-0.1, -0.05) is 40.5 Å². The molecule has 0 saturated carbocycles. The van der Waals surface area contributed by atoms with Crippen molar-refractivity contribution in [2.24, 2.45) is 11.8 Å². The molecule has 0 spiro atoms. The van der Waals surface area contributed by atoms with Crippen molar-refractivity contribution in [3.63, 3.8) is 0 Å². The number of nitrogens with one attached hydrogen (secondary N) is 4. The first kappa shape index (κ1) is 46.2. The van der Waals surface area contributed by atoms with Gasteiger partial charge in [-0.15, -0.1) is 11.3 Å². The first-order valence-electron chi connectivity index (χ1n) is 18.4. The fraction of sp³-hybridized carbons (Fsp3) is 0.714. The van der Waals surface area contributed by atoms with Crippen LogP contribution in [0, 0.1) is 11.8 Å². The Morgan fingerprint density at radius 1 is 1.07 bits per heavy atom. The van der Waals surface area contributed by atoms with Gasteiger partial charge in [0.1, 0.15) is 23.4 Å². The van der Waals surface area contributed by atoms with E-state index in [1.807, 2.05) is 32.7 Å². The predicted molar refractivity (Wildman–Crippen MR) is 203 cm³/mol. The van der Waals surface area contributed by atoms with E-state index >= 15 is 0 Å². The molecule has 1 aromatic rings. The largest absolute Gasteiger partial charge is 0.455 e. The lowest BCUT2D eigenvalue weighted by Gasteiger charge is -2.35. The van der Waals surface area contributed by atoms with Crippen LogP contribution >= 0.6 is 24.0 Å². The van der Waals surface area contributed by atoms with Gasteiger partial charge in [-0.3, -0.25) is 39.1 Å². The average molecular weight is 800 g/mol. The zero-order valence-electron chi connectivity index (χ0n) is 32.1. The Morgan fingerprint density at radius 2 is 1.81 bits per heavy atom. The molecule has 2 heterocycles. The summed E-state index contributed by atoms with van der Waals surface area (Å²) in [5.74, 6) is -3.23. The molecule has 17 nitrogen and oxygen atoms in total. The highest BCUT2D eigenvalue weighted by molar-refractivity contribution is 7.80. The number of esters is 2. The molecule has 54 heavy (non-hydrogen) atoms. The molecular formula is C35H57N7O10S2. The van der Waals surface area contributed by atoms with E-state index in [4.69, 9.17) is 14.2 Å². The highest BCUT2D eigenvalue weighted by atomic mass is 32.1. The van der Waals surface area contributed by atoms with E-state index < -0.39 is 53.8 Å². The number of thiol groups is 1. The maximum atomic E-state index is 14.2. The minimum absolute atomic E-state index is 0.0227. The number of aromatic nitrogens is 1. The number of carbonyl (C=O) groups excluding carboxylic acids is 7. The van der Waals surface area contributed by atoms with Crippen LogP contribution in [0.5, 0.6) is 0 Å². The van der Waals surface area contributed by atoms with Crippen molar-refractivity contribution in [1.29, 1.82) is 0 Å². The number of hydrogen-bond acceptors (Lipinski definition) is 14. The van der Waals surface area contributed by atoms with Gasteiger partial charge in [0.15, 0.2) is 12.8 Å². The average Bonchev–Trinajstić information content (AvgIpc) is 3.64. The number of hydrogen-bond donors (Lipinski definition) is 5. The molecule has 2 rings (SSSR count). The second kappa shape index (κ2) is 24.4. The number of likely N-dealkylation sites (N-methyl/N-ethyl adjacent to an activating group) is 1. The summed E-state index contributed by atoms with van der Waals surface area (Å²) in [6.07, 6.45) is 2.45. The van der Waals surface area contributed by atoms with Crippen LogP contribution in [0.15, 0.2) is 5.38 Å². The van der Waals surface area contributed by atoms with Crippen molar-refractivity contribution >= 4 is 65.6 Å². The third-order valence-corrected chi connectivity index (χ3v) is 10.0. The lowest BCUT2D eigenvalue weighted by atomic mass is 9.96. The summed E-state index contributed by atoms with van der Waals surface area (Å²) in [6, 6.07) is -1.25. The monoisotopic (exact) mass is 799 g/mol. The number of thiazole rings is 1. The molecule has 4 N–H and O–H groups in total. The normalized spacial score (nSPS) is 16.5. The summed E-state index contributed by atoms with van der Waals surface area (Å²) in [5, 5.41) is 7.49. The Morgan fingerprint density at radius 3 is 2.46 bits per heavy atom. The molecule has 0 unspecified atom stereocenters. The lowest BCUT2D eigenvalue weighted by molar-refractivity contribution is -0.156. The molecule has 0 aliphatic carbocycles. The third-order valence-electron chi connectivity index (χ3n) is 8.92. The van der Waals surface area contributed by atoms with Gasteiger partial charge >= 0.3 is 18.0 Å². The number of likely N-dealkylation sites (tertiary alicyclic amines) is 1. The quantitative estimate of drug-likeness (QED) is 0.0399. The molecule has 1 aliphatic heterocycles. The molecule has 0 aromatic carbocycles. The van der Waals surface area contributed by atoms with Gasteiger partial charge in [-0.05, 0) is 45.2 Å². The fourth-order valence-corrected chi connectivity index (χ4v) is 6.43. The van der Waals surface area contributed by atoms with Crippen LogP contribution in [-0.4, -0.2) is 114 Å². The van der Waals surface area contributed by atoms with Crippen LogP contribution < -0.4 is 21.5 Å². The number of amides is 5. The molecule has 5 atom stereocenters. The van der Waals surface area contributed by atoms with Crippen molar-refractivity contribution in [1.82, 2.24) is 36.3 Å². The number of nitrogens with zero attached hydrogens (tertiary/aromatic N) is 3. The smallest absolute Gasteiger partial charge is 0.426 e. The van der Waals surface area contributed by atoms with E-state index in [-0.39, 0.29) is 69.3 Å². The van der Waals surface area contributed by atoms with Crippen LogP contribution in [0.25, 0.3) is 0 Å². The minimum atomic E-state index is -0.945. The van der Waals surface area contributed by atoms with Crippen molar-refractivity contribution in [2.45, 2.75) is 104 Å². The molecule has 1 fully saturated rings. The summed E-state index contributed by atoms with van der Waals surface area (Å²) < 4.78 is 15.8. The standard InChI is InChI=1S/C35H57N7O10S2/c1-7-11-28(44)51-21-42(34(48)29(22(3)8-2)38-32(47)26-12-9-10-16-41(26)6)17-14-27(52-24(5)43)33-37-25(20-54-33)31(46)36-15-13-23(4)30(45)39-40-35(49)50-18-19-53/h20,22-23,26-27,29,53H,7-19,21H2,1-6H3,(H,36,46)(H,38,47)(H,39,45)(H,40,49)/t22-,23+,26-,27-,29+/m1/s1. The van der Waals surface area contributed by atoms with Gasteiger partial charge in [-0.2, -0.15) is 12.6 Å². The molecule has 1 saturated heterocycles. The summed E-state index contributed by atoms with van der Waals surface area (Å²) >= 11 is 5.02. The van der Waals surface area contributed by atoms with Gasteiger partial charge in [0, 0.05) is 49.9 Å². The molecule has 1 aliphatic rings. The Bertz CT molecular complexity index is 1410. The number of piperidine rings is 1. The van der Waals surface area contributed by atoms with E-state index in [0.717, 1.165) is 30.7 Å². The third kappa shape index (κ3) is 15.8. The zero-order chi connectivity index (χ0) is 40.2. The van der Waals surface area contributed by atoms with Crippen molar-refractivity contribution in [3.05, 3.63) is 16.1 Å². The van der Waals surface area contributed by atoms with Gasteiger partial charge in [-0.25, -0.2) is 15.2 Å². The van der Waals surface area contributed by atoms with Gasteiger partial charge in [0.2, 0.25) is 17.7 Å². The number of rotatable bonds is 21. The zero-order valence-corrected chi connectivity index (χ0v) is 33.9. The highest BCUT2D eigenvalue weighted by Crippen LogP contribution is 2.26. The predicted octanol–water partition coefficient (Wildman–Crippen LogP) is 2.73. The Kier molecular flexibility index (Phi) is 20.9. The number of carbonyl (C=O) groups is 7. The summed E-state index contributed by atoms with van der Waals surface area (Å²) in [5.41, 5.74) is 4.45. The topological polar surface area (TPSA) is 215 Å². The highest BCUT2D eigenvalue weighted by Gasteiger charge is 2.35. The second-order valence-electron chi connectivity index (χ2n) is 13.2. The summed E-state index contributed by atoms with van der Waals surface area (Å²) in [6.45, 7) is 9.08. The van der Waals surface area contributed by atoms with Crippen LogP contribution in [-0.2, 0) is 38.2 Å². The number of ether oxygens (including phenoxy) is 3. The lowest BCUT2D eigenvalue weighted by Crippen LogP contribution is -2.57. The molecule has 5 amide bonds. The Balaban J connectivity index is 2.14. The van der Waals surface area contributed by atoms with Crippen molar-refractivity contribution in [3.8, 4) is 0 Å². The van der Waals surface area contributed by atoms with Crippen LogP contribution in [0.3, 0.4) is 0 Å². The summed E-state index contributed by atoms with van der Waals surface area (Å²) in [4.78, 5) is 96.5. The van der Waals surface area contributed by atoms with Crippen molar-refractivity contribution < 1.29 is 47.8 Å². The Labute approximate surface area is 326 Å². The molecular weight excluding hydrogens is 743 g/mol. The van der Waals surface area contributed by atoms with E-state index in [2.05, 4.69) is 39.1 Å². The Hall–Kier alpha value is -3.97. The van der Waals surface area contributed by atoms with Gasteiger partial charge in [0.25, 0.3) is 5.91 Å². The fourth-order valence-electron chi connectivity index (χ4n) is 5.48. The van der Waals surface area contributed by atoms with E-state index in [1.54, 1.807) is 6.92 Å². The second-order valence-corrected chi connectivity index (χ2v) is 14.6. The molecule has 19 heteroatoms. The van der Waals surface area contributed by atoms with Gasteiger partial charge in [0.05, 0.1) is 6.04 Å². The van der Waals surface area contributed by atoms with Crippen LogP contribution in [0.2, 0.25) is 0 Å². The first-order valence-corrected chi connectivity index (χ1v) is 19.9. The molecule has 0 radical (unpaired) electrons. The van der Waals surface area contributed by atoms with Gasteiger partial charge < -0.3 is 29.7 Å². The number of hydrazine groups is 1. The van der Waals surface area contributed by atoms with E-state index in [9.17, 15) is 33.6 Å². The maximum absolute atomic E-state index is 14.2. The minimum Gasteiger partial charge on any atom is -0.455 e. The van der Waals surface area contributed by atoms with Crippen LogP contribution in [0.4, 0.5) is 4.79 Å². The first-order chi connectivity index (χ1) is 25.7. The SMILES string of the molecule is CCCC(=O)OCN(CC[C@@H](OC(C)=O)c1nc(C(=O)NCC[C@H](C)C(=O)NNC(=O)OCCS)cs1)C(=O)[C@@H](NC(=O)[C@H]1CCCCN1C)[C@H](C)CC. The molecule has 304 valence electrons. The van der Waals surface area contributed by atoms with E-state index in [0.29, 0.717) is 30.0 Å². The van der Waals surface area contributed by atoms with Crippen molar-refractivity contribution in [2.75, 3.05) is 45.8 Å². The summed E-state index contributed by atoms with van der Waals surface area (Å²) in [7, 11) is 1.89. The van der Waals surface area contributed by atoms with Crippen LogP contribution in [0.1, 0.15) is 108 Å². The molecule has 0 bridgehead atoms.